The van der Waals surface area contributed by atoms with E-state index in [1.165, 1.54) is 7.11 Å². The highest BCUT2D eigenvalue weighted by molar-refractivity contribution is 7.17. The number of aryl methyl sites for hydroxylation is 3. The summed E-state index contributed by atoms with van der Waals surface area (Å²) in [4.78, 5) is 16.0. The Morgan fingerprint density at radius 2 is 1.92 bits per heavy atom. The minimum absolute atomic E-state index is 0.222. The highest BCUT2D eigenvalue weighted by Crippen LogP contribution is 2.34. The van der Waals surface area contributed by atoms with Crippen LogP contribution >= 0.6 is 11.3 Å². The van der Waals surface area contributed by atoms with Crippen LogP contribution in [0.25, 0.3) is 10.1 Å². The summed E-state index contributed by atoms with van der Waals surface area (Å²) in [6.45, 7) is 6.53. The van der Waals surface area contributed by atoms with E-state index in [0.29, 0.717) is 13.0 Å². The molecule has 0 saturated heterocycles. The minimum Gasteiger partial charge on any atom is -0.489 e. The van der Waals surface area contributed by atoms with E-state index in [9.17, 15) is 4.79 Å². The number of aromatic nitrogens is 1. The lowest BCUT2D eigenvalue weighted by atomic mass is 10.1. The Balaban J connectivity index is 1.83. The molecule has 25 heavy (non-hydrogen) atoms. The molecule has 0 aliphatic heterocycles. The Morgan fingerprint density at radius 1 is 1.12 bits per heavy atom. The van der Waals surface area contributed by atoms with Crippen LogP contribution in [0, 0.1) is 20.8 Å². The van der Waals surface area contributed by atoms with Crippen molar-refractivity contribution in [1.82, 2.24) is 4.98 Å². The second kappa shape index (κ2) is 7.23. The zero-order valence-electron chi connectivity index (χ0n) is 14.9. The van der Waals surface area contributed by atoms with E-state index < -0.39 is 0 Å². The summed E-state index contributed by atoms with van der Waals surface area (Å²) in [7, 11) is 1.41. The quantitative estimate of drug-likeness (QED) is 0.632. The van der Waals surface area contributed by atoms with E-state index in [1.807, 2.05) is 37.4 Å². The van der Waals surface area contributed by atoms with E-state index in [2.05, 4.69) is 18.0 Å². The Bertz CT molecular complexity index is 930. The molecule has 3 rings (SSSR count). The predicted molar refractivity (Wildman–Crippen MR) is 100 cm³/mol. The number of hydrogen-bond acceptors (Lipinski definition) is 5. The van der Waals surface area contributed by atoms with Gasteiger partial charge in [0, 0.05) is 27.2 Å². The Kier molecular flexibility index (Phi) is 5.04. The molecule has 0 unspecified atom stereocenters. The fourth-order valence-corrected chi connectivity index (χ4v) is 3.89. The average molecular weight is 355 g/mol. The van der Waals surface area contributed by atoms with Crippen LogP contribution in [0.2, 0.25) is 0 Å². The van der Waals surface area contributed by atoms with Crippen LogP contribution in [0.15, 0.2) is 29.6 Å². The topological polar surface area (TPSA) is 48.4 Å². The number of rotatable bonds is 5. The van der Waals surface area contributed by atoms with Gasteiger partial charge < -0.3 is 9.47 Å². The number of hydrogen-bond donors (Lipinski definition) is 0. The normalized spacial score (nSPS) is 10.9. The van der Waals surface area contributed by atoms with Gasteiger partial charge in [-0.2, -0.15) is 0 Å². The molecule has 0 radical (unpaired) electrons. The van der Waals surface area contributed by atoms with Crippen LogP contribution in [-0.2, 0) is 22.6 Å². The van der Waals surface area contributed by atoms with E-state index >= 15 is 0 Å². The standard InChI is InChI=1S/C20H21NO3S/c1-12-5-6-15(14(3)21-12)10-24-18-8-7-17-16(9-19(22)23-4)11-25-20(17)13(18)2/h5-8,11H,9-10H2,1-4H3. The van der Waals surface area contributed by atoms with Crippen molar-refractivity contribution in [1.29, 1.82) is 0 Å². The first-order valence-corrected chi connectivity index (χ1v) is 9.00. The van der Waals surface area contributed by atoms with Gasteiger partial charge in [-0.05, 0) is 55.3 Å². The Hall–Kier alpha value is -2.40. The van der Waals surface area contributed by atoms with Gasteiger partial charge in [-0.25, -0.2) is 0 Å². The first-order chi connectivity index (χ1) is 12.0. The summed E-state index contributed by atoms with van der Waals surface area (Å²) >= 11 is 1.63. The minimum atomic E-state index is -0.222. The van der Waals surface area contributed by atoms with Crippen LogP contribution in [0.1, 0.15) is 28.1 Å². The molecular weight excluding hydrogens is 334 g/mol. The first kappa shape index (κ1) is 17.4. The molecule has 0 N–H and O–H groups in total. The van der Waals surface area contributed by atoms with Crippen LogP contribution in [0.3, 0.4) is 0 Å². The number of fused-ring (bicyclic) bond motifs is 1. The third-order valence-electron chi connectivity index (χ3n) is 4.30. The molecule has 0 amide bonds. The van der Waals surface area contributed by atoms with Crippen molar-refractivity contribution < 1.29 is 14.3 Å². The number of methoxy groups -OCH3 is 1. The highest BCUT2D eigenvalue weighted by atomic mass is 32.1. The van der Waals surface area contributed by atoms with Gasteiger partial charge in [0.05, 0.1) is 13.5 Å². The largest absolute Gasteiger partial charge is 0.489 e. The smallest absolute Gasteiger partial charge is 0.310 e. The van der Waals surface area contributed by atoms with Crippen molar-refractivity contribution in [2.75, 3.05) is 7.11 Å². The predicted octanol–water partition coefficient (Wildman–Crippen LogP) is 4.52. The lowest BCUT2D eigenvalue weighted by molar-refractivity contribution is -0.139. The molecular formula is C20H21NO3S. The zero-order valence-corrected chi connectivity index (χ0v) is 15.7. The monoisotopic (exact) mass is 355 g/mol. The number of esters is 1. The van der Waals surface area contributed by atoms with Crippen molar-refractivity contribution in [2.45, 2.75) is 33.8 Å². The molecule has 0 aliphatic carbocycles. The SMILES string of the molecule is COC(=O)Cc1csc2c(C)c(OCc3ccc(C)nc3C)ccc12. The van der Waals surface area contributed by atoms with Crippen molar-refractivity contribution in [3.63, 3.8) is 0 Å². The van der Waals surface area contributed by atoms with Crippen LogP contribution < -0.4 is 4.74 Å². The Morgan fingerprint density at radius 3 is 2.64 bits per heavy atom. The van der Waals surface area contributed by atoms with Gasteiger partial charge in [-0.15, -0.1) is 11.3 Å². The van der Waals surface area contributed by atoms with Gasteiger partial charge in [0.15, 0.2) is 0 Å². The second-order valence-corrected chi connectivity index (χ2v) is 6.94. The molecule has 2 aromatic heterocycles. The van der Waals surface area contributed by atoms with Crippen LogP contribution in [0.5, 0.6) is 5.75 Å². The number of thiophene rings is 1. The van der Waals surface area contributed by atoms with E-state index in [0.717, 1.165) is 43.9 Å². The molecule has 1 aromatic carbocycles. The second-order valence-electron chi connectivity index (χ2n) is 6.07. The van der Waals surface area contributed by atoms with Gasteiger partial charge in [0.25, 0.3) is 0 Å². The van der Waals surface area contributed by atoms with Crippen molar-refractivity contribution in [3.05, 3.63) is 57.7 Å². The van der Waals surface area contributed by atoms with Crippen LogP contribution in [-0.4, -0.2) is 18.1 Å². The fourth-order valence-electron chi connectivity index (χ4n) is 2.82. The number of carbonyl (C=O) groups is 1. The van der Waals surface area contributed by atoms with Crippen LogP contribution in [0.4, 0.5) is 0 Å². The molecule has 3 aromatic rings. The molecule has 0 fully saturated rings. The molecule has 5 heteroatoms. The summed E-state index contributed by atoms with van der Waals surface area (Å²) in [6.07, 6.45) is 0.296. The molecule has 130 valence electrons. The molecule has 2 heterocycles. The molecule has 0 spiro atoms. The highest BCUT2D eigenvalue weighted by Gasteiger charge is 2.13. The van der Waals surface area contributed by atoms with Crippen molar-refractivity contribution >= 4 is 27.4 Å². The molecule has 0 aliphatic rings. The third kappa shape index (κ3) is 3.66. The molecule has 0 saturated carbocycles. The van der Waals surface area contributed by atoms with E-state index in [1.54, 1.807) is 11.3 Å². The van der Waals surface area contributed by atoms with Gasteiger partial charge >= 0.3 is 5.97 Å². The summed E-state index contributed by atoms with van der Waals surface area (Å²) in [5.74, 6) is 0.638. The molecule has 0 atom stereocenters. The number of ether oxygens (including phenoxy) is 2. The van der Waals surface area contributed by atoms with E-state index in [4.69, 9.17) is 9.47 Å². The van der Waals surface area contributed by atoms with Gasteiger partial charge in [-0.1, -0.05) is 6.07 Å². The summed E-state index contributed by atoms with van der Waals surface area (Å²) in [5.41, 5.74) is 5.19. The average Bonchev–Trinajstić information content (AvgIpc) is 2.99. The maximum atomic E-state index is 11.5. The third-order valence-corrected chi connectivity index (χ3v) is 5.47. The summed E-state index contributed by atoms with van der Waals surface area (Å²) < 4.78 is 12.0. The Labute approximate surface area is 151 Å². The van der Waals surface area contributed by atoms with Gasteiger partial charge in [0.1, 0.15) is 12.4 Å². The van der Waals surface area contributed by atoms with Crippen molar-refractivity contribution in [3.8, 4) is 5.75 Å². The van der Waals surface area contributed by atoms with Gasteiger partial charge in [0.2, 0.25) is 0 Å². The van der Waals surface area contributed by atoms with Gasteiger partial charge in [-0.3, -0.25) is 9.78 Å². The molecule has 4 nitrogen and oxygen atoms in total. The lowest BCUT2D eigenvalue weighted by Crippen LogP contribution is -2.04. The zero-order chi connectivity index (χ0) is 18.0. The maximum absolute atomic E-state index is 11.5. The van der Waals surface area contributed by atoms with E-state index in [-0.39, 0.29) is 5.97 Å². The number of benzene rings is 1. The fraction of sp³-hybridized carbons (Fsp3) is 0.300. The summed E-state index contributed by atoms with van der Waals surface area (Å²) in [6, 6.07) is 8.06. The summed E-state index contributed by atoms with van der Waals surface area (Å²) in [5, 5.41) is 3.11. The first-order valence-electron chi connectivity index (χ1n) is 8.12. The van der Waals surface area contributed by atoms with Crippen molar-refractivity contribution in [2.24, 2.45) is 0 Å². The number of pyridine rings is 1. The number of carbonyl (C=O) groups excluding carboxylic acids is 1. The molecule has 0 bridgehead atoms. The number of nitrogens with zero attached hydrogens (tertiary/aromatic N) is 1. The maximum Gasteiger partial charge on any atom is 0.310 e. The lowest BCUT2D eigenvalue weighted by Gasteiger charge is -2.12.